The highest BCUT2D eigenvalue weighted by molar-refractivity contribution is 5.83. The van der Waals surface area contributed by atoms with Crippen LogP contribution in [-0.2, 0) is 10.2 Å². The Kier molecular flexibility index (Phi) is 2.62. The molecule has 0 radical (unpaired) electrons. The molecule has 0 unspecified atom stereocenters. The minimum Gasteiger partial charge on any atom is -0.507 e. The van der Waals surface area contributed by atoms with Crippen LogP contribution in [0.4, 0.5) is 0 Å². The molecule has 1 aromatic carbocycles. The lowest BCUT2D eigenvalue weighted by Crippen LogP contribution is -2.54. The zero-order valence-electron chi connectivity index (χ0n) is 10.0. The summed E-state index contributed by atoms with van der Waals surface area (Å²) < 4.78 is 0. The number of carboxylic acid groups (broad SMARTS) is 1. The third-order valence-electron chi connectivity index (χ3n) is 3.67. The largest absolute Gasteiger partial charge is 0.507 e. The third-order valence-corrected chi connectivity index (χ3v) is 3.67. The van der Waals surface area contributed by atoms with Crippen molar-refractivity contribution in [3.8, 4) is 5.75 Å². The molecule has 0 bridgehead atoms. The number of phenolic OH excluding ortho intramolecular Hbond substituents is 1. The molecule has 1 aromatic rings. The first-order valence-corrected chi connectivity index (χ1v) is 5.66. The summed E-state index contributed by atoms with van der Waals surface area (Å²) in [5.74, 6) is -0.596. The van der Waals surface area contributed by atoms with E-state index < -0.39 is 11.4 Å². The quantitative estimate of drug-likeness (QED) is 0.724. The van der Waals surface area contributed by atoms with Crippen molar-refractivity contribution < 1.29 is 15.0 Å². The Hall–Kier alpha value is -1.55. The average Bonchev–Trinajstić information content (AvgIpc) is 2.19. The Labute approximate surface area is 100 Å². The molecule has 1 fully saturated rings. The van der Waals surface area contributed by atoms with Gasteiger partial charge in [0.25, 0.3) is 0 Å². The van der Waals surface area contributed by atoms with E-state index in [-0.39, 0.29) is 11.8 Å². The van der Waals surface area contributed by atoms with Crippen LogP contribution in [0.5, 0.6) is 5.75 Å². The van der Waals surface area contributed by atoms with Crippen LogP contribution in [0.25, 0.3) is 0 Å². The van der Waals surface area contributed by atoms with Crippen molar-refractivity contribution in [3.05, 3.63) is 28.8 Å². The van der Waals surface area contributed by atoms with Crippen molar-refractivity contribution in [1.82, 2.24) is 0 Å². The maximum absolute atomic E-state index is 11.4. The summed E-state index contributed by atoms with van der Waals surface area (Å²) in [6, 6.07) is 3.46. The third kappa shape index (κ3) is 1.69. The van der Waals surface area contributed by atoms with Gasteiger partial charge in [0.15, 0.2) is 0 Å². The molecule has 1 saturated carbocycles. The number of carboxylic acids is 1. The highest BCUT2D eigenvalue weighted by Gasteiger charge is 2.50. The van der Waals surface area contributed by atoms with Gasteiger partial charge in [-0.15, -0.1) is 0 Å². The molecule has 0 aliphatic heterocycles. The van der Waals surface area contributed by atoms with Crippen LogP contribution < -0.4 is 5.73 Å². The van der Waals surface area contributed by atoms with Crippen molar-refractivity contribution in [2.75, 3.05) is 0 Å². The number of aromatic hydroxyl groups is 1. The molecule has 0 heterocycles. The minimum atomic E-state index is -0.858. The lowest BCUT2D eigenvalue weighted by molar-refractivity contribution is -0.148. The Balaban J connectivity index is 2.49. The number of rotatable bonds is 2. The van der Waals surface area contributed by atoms with E-state index in [2.05, 4.69) is 0 Å². The van der Waals surface area contributed by atoms with Crippen LogP contribution in [0.3, 0.4) is 0 Å². The monoisotopic (exact) mass is 235 g/mol. The maximum Gasteiger partial charge on any atom is 0.314 e. The highest BCUT2D eigenvalue weighted by Crippen LogP contribution is 2.44. The van der Waals surface area contributed by atoms with Gasteiger partial charge in [-0.2, -0.15) is 0 Å². The molecule has 92 valence electrons. The van der Waals surface area contributed by atoms with Crippen molar-refractivity contribution in [2.24, 2.45) is 5.73 Å². The first-order chi connectivity index (χ1) is 7.86. The molecule has 0 atom stereocenters. The topological polar surface area (TPSA) is 83.5 Å². The predicted octanol–water partition coefficient (Wildman–Crippen LogP) is 1.45. The van der Waals surface area contributed by atoms with Crippen LogP contribution in [0.2, 0.25) is 0 Å². The summed E-state index contributed by atoms with van der Waals surface area (Å²) in [6.07, 6.45) is 0.929. The lowest BCUT2D eigenvalue weighted by atomic mass is 9.61. The molecule has 0 saturated heterocycles. The van der Waals surface area contributed by atoms with Crippen molar-refractivity contribution in [2.45, 2.75) is 38.1 Å². The standard InChI is InChI=1S/C13H17NO3/c1-7-3-9(4-8(2)11(7)15)13(12(16)17)5-10(14)6-13/h3-4,10,15H,5-6,14H2,1-2H3,(H,16,17). The molecule has 17 heavy (non-hydrogen) atoms. The second-order valence-corrected chi connectivity index (χ2v) is 5.01. The molecule has 1 aliphatic carbocycles. The predicted molar refractivity (Wildman–Crippen MR) is 64.1 cm³/mol. The van der Waals surface area contributed by atoms with E-state index in [0.29, 0.717) is 24.0 Å². The lowest BCUT2D eigenvalue weighted by Gasteiger charge is -2.43. The summed E-state index contributed by atoms with van der Waals surface area (Å²) in [7, 11) is 0. The SMILES string of the molecule is Cc1cc(C2(C(=O)O)CC(N)C2)cc(C)c1O. The first kappa shape index (κ1) is 11.9. The molecule has 0 amide bonds. The zero-order chi connectivity index (χ0) is 12.8. The molecule has 2 rings (SSSR count). The van der Waals surface area contributed by atoms with E-state index in [1.54, 1.807) is 26.0 Å². The van der Waals surface area contributed by atoms with Gasteiger partial charge >= 0.3 is 5.97 Å². The number of aliphatic carboxylic acids is 1. The van der Waals surface area contributed by atoms with Crippen LogP contribution in [0.15, 0.2) is 12.1 Å². The van der Waals surface area contributed by atoms with E-state index in [1.807, 2.05) is 0 Å². The maximum atomic E-state index is 11.4. The van der Waals surface area contributed by atoms with Gasteiger partial charge in [-0.25, -0.2) is 0 Å². The number of benzene rings is 1. The fourth-order valence-corrected chi connectivity index (χ4v) is 2.60. The van der Waals surface area contributed by atoms with Crippen molar-refractivity contribution in [3.63, 3.8) is 0 Å². The molecule has 4 N–H and O–H groups in total. The van der Waals surface area contributed by atoms with Crippen LogP contribution in [0, 0.1) is 13.8 Å². The molecule has 4 heteroatoms. The molecule has 4 nitrogen and oxygen atoms in total. The number of hydrogen-bond acceptors (Lipinski definition) is 3. The van der Waals surface area contributed by atoms with Gasteiger partial charge in [0.1, 0.15) is 5.75 Å². The van der Waals surface area contributed by atoms with E-state index in [9.17, 15) is 15.0 Å². The van der Waals surface area contributed by atoms with Gasteiger partial charge in [-0.3, -0.25) is 4.79 Å². The van der Waals surface area contributed by atoms with Gasteiger partial charge < -0.3 is 15.9 Å². The van der Waals surface area contributed by atoms with Crippen LogP contribution in [-0.4, -0.2) is 22.2 Å². The van der Waals surface area contributed by atoms with Gasteiger partial charge in [-0.05, 0) is 43.4 Å². The number of aryl methyl sites for hydroxylation is 2. The normalized spacial score (nSPS) is 27.6. The highest BCUT2D eigenvalue weighted by atomic mass is 16.4. The van der Waals surface area contributed by atoms with Gasteiger partial charge in [0, 0.05) is 6.04 Å². The molecular weight excluding hydrogens is 218 g/mol. The second kappa shape index (κ2) is 3.74. The smallest absolute Gasteiger partial charge is 0.314 e. The molecular formula is C13H17NO3. The summed E-state index contributed by atoms with van der Waals surface area (Å²) in [4.78, 5) is 11.4. The van der Waals surface area contributed by atoms with E-state index in [0.717, 1.165) is 5.56 Å². The zero-order valence-corrected chi connectivity index (χ0v) is 10.0. The Morgan fingerprint density at radius 3 is 2.18 bits per heavy atom. The fraction of sp³-hybridized carbons (Fsp3) is 0.462. The van der Waals surface area contributed by atoms with Gasteiger partial charge in [0.2, 0.25) is 0 Å². The first-order valence-electron chi connectivity index (χ1n) is 5.66. The van der Waals surface area contributed by atoms with Gasteiger partial charge in [0.05, 0.1) is 5.41 Å². The van der Waals surface area contributed by atoms with Crippen LogP contribution in [0.1, 0.15) is 29.5 Å². The number of carbonyl (C=O) groups is 1. The Morgan fingerprint density at radius 1 is 1.35 bits per heavy atom. The van der Waals surface area contributed by atoms with Crippen molar-refractivity contribution in [1.29, 1.82) is 0 Å². The molecule has 0 spiro atoms. The molecule has 1 aliphatic rings. The Bertz CT molecular complexity index is 453. The summed E-state index contributed by atoms with van der Waals surface area (Å²) in [5, 5.41) is 19.1. The second-order valence-electron chi connectivity index (χ2n) is 5.01. The number of hydrogen-bond donors (Lipinski definition) is 3. The van der Waals surface area contributed by atoms with Gasteiger partial charge in [-0.1, -0.05) is 12.1 Å². The average molecular weight is 235 g/mol. The number of nitrogens with two attached hydrogens (primary N) is 1. The van der Waals surface area contributed by atoms with E-state index in [1.165, 1.54) is 0 Å². The van der Waals surface area contributed by atoms with E-state index >= 15 is 0 Å². The van der Waals surface area contributed by atoms with E-state index in [4.69, 9.17) is 5.73 Å². The summed E-state index contributed by atoms with van der Waals surface area (Å²) in [6.45, 7) is 3.56. The fourth-order valence-electron chi connectivity index (χ4n) is 2.60. The Morgan fingerprint density at radius 2 is 1.82 bits per heavy atom. The van der Waals surface area contributed by atoms with Crippen molar-refractivity contribution >= 4 is 5.97 Å². The molecule has 0 aromatic heterocycles. The summed E-state index contributed by atoms with van der Waals surface area (Å²) >= 11 is 0. The number of phenols is 1. The van der Waals surface area contributed by atoms with Crippen LogP contribution >= 0.6 is 0 Å². The summed E-state index contributed by atoms with van der Waals surface area (Å²) in [5.41, 5.74) is 7.03. The minimum absolute atomic E-state index is 0.0412.